The normalized spacial score (nSPS) is 20.9. The molecule has 2 rings (SSSR count). The van der Waals surface area contributed by atoms with Gasteiger partial charge < -0.3 is 20.5 Å². The highest BCUT2D eigenvalue weighted by molar-refractivity contribution is 6.32. The number of ether oxygens (including phenoxy) is 2. The van der Waals surface area contributed by atoms with E-state index >= 15 is 0 Å². The van der Waals surface area contributed by atoms with Gasteiger partial charge in [-0.15, -0.1) is 0 Å². The molecule has 0 radical (unpaired) electrons. The van der Waals surface area contributed by atoms with E-state index in [1.807, 2.05) is 6.92 Å². The van der Waals surface area contributed by atoms with Crippen molar-refractivity contribution in [2.45, 2.75) is 32.2 Å². The van der Waals surface area contributed by atoms with Crippen molar-refractivity contribution in [3.63, 3.8) is 0 Å². The summed E-state index contributed by atoms with van der Waals surface area (Å²) in [5.41, 5.74) is 6.46. The number of rotatable bonds is 7. The molecule has 1 aliphatic rings. The summed E-state index contributed by atoms with van der Waals surface area (Å²) in [4.78, 5) is 12.3. The second-order valence-corrected chi connectivity index (χ2v) is 5.83. The number of benzene rings is 1. The molecule has 6 heteroatoms. The van der Waals surface area contributed by atoms with Gasteiger partial charge in [-0.25, -0.2) is 0 Å². The lowest BCUT2D eigenvalue weighted by molar-refractivity contribution is -0.119. The Morgan fingerprint density at radius 3 is 2.91 bits per heavy atom. The van der Waals surface area contributed by atoms with Crippen LogP contribution in [0.4, 0.5) is 5.69 Å². The highest BCUT2D eigenvalue weighted by Gasteiger charge is 2.28. The SMILES string of the molecule is CCOCCOc1c(Cl)cccc1NC(=O)C1CCC(N)C1. The average molecular weight is 327 g/mol. The predicted octanol–water partition coefficient (Wildman–Crippen LogP) is 2.82. The topological polar surface area (TPSA) is 73.6 Å². The molecule has 0 spiro atoms. The first-order valence-electron chi connectivity index (χ1n) is 7.67. The number of nitrogens with one attached hydrogen (secondary N) is 1. The van der Waals surface area contributed by atoms with Crippen molar-refractivity contribution in [3.05, 3.63) is 23.2 Å². The third-order valence-corrected chi connectivity index (χ3v) is 4.04. The first kappa shape index (κ1) is 17.1. The highest BCUT2D eigenvalue weighted by atomic mass is 35.5. The Hall–Kier alpha value is -1.30. The Bertz CT molecular complexity index is 510. The van der Waals surface area contributed by atoms with E-state index < -0.39 is 0 Å². The standard InChI is InChI=1S/C16H23ClN2O3/c1-2-21-8-9-22-15-13(17)4-3-5-14(15)19-16(20)11-6-7-12(18)10-11/h3-5,11-12H,2,6-10,18H2,1H3,(H,19,20). The Morgan fingerprint density at radius 2 is 2.23 bits per heavy atom. The molecule has 1 aromatic carbocycles. The van der Waals surface area contributed by atoms with E-state index in [9.17, 15) is 4.79 Å². The van der Waals surface area contributed by atoms with Crippen LogP contribution in [-0.2, 0) is 9.53 Å². The summed E-state index contributed by atoms with van der Waals surface area (Å²) < 4.78 is 10.9. The summed E-state index contributed by atoms with van der Waals surface area (Å²) >= 11 is 6.17. The lowest BCUT2D eigenvalue weighted by Crippen LogP contribution is -2.23. The van der Waals surface area contributed by atoms with Crippen LogP contribution in [-0.4, -0.2) is 31.8 Å². The van der Waals surface area contributed by atoms with Crippen LogP contribution in [0.3, 0.4) is 0 Å². The van der Waals surface area contributed by atoms with Crippen molar-refractivity contribution in [1.82, 2.24) is 0 Å². The number of halogens is 1. The molecule has 2 unspecified atom stereocenters. The van der Waals surface area contributed by atoms with Crippen molar-refractivity contribution in [2.75, 3.05) is 25.1 Å². The number of carbonyl (C=O) groups is 1. The first-order valence-corrected chi connectivity index (χ1v) is 8.05. The summed E-state index contributed by atoms with van der Waals surface area (Å²) in [7, 11) is 0. The Kier molecular flexibility index (Phi) is 6.49. The maximum atomic E-state index is 12.3. The number of amides is 1. The van der Waals surface area contributed by atoms with Gasteiger partial charge in [-0.2, -0.15) is 0 Å². The van der Waals surface area contributed by atoms with E-state index in [-0.39, 0.29) is 17.9 Å². The van der Waals surface area contributed by atoms with E-state index in [0.717, 1.165) is 19.3 Å². The predicted molar refractivity (Wildman–Crippen MR) is 87.4 cm³/mol. The van der Waals surface area contributed by atoms with Gasteiger partial charge in [0.2, 0.25) is 5.91 Å². The molecule has 122 valence electrons. The van der Waals surface area contributed by atoms with Crippen LogP contribution in [0.15, 0.2) is 18.2 Å². The smallest absolute Gasteiger partial charge is 0.227 e. The fraction of sp³-hybridized carbons (Fsp3) is 0.562. The minimum absolute atomic E-state index is 0.0233. The molecule has 3 N–H and O–H groups in total. The fourth-order valence-electron chi connectivity index (χ4n) is 2.59. The molecule has 2 atom stereocenters. The Morgan fingerprint density at radius 1 is 1.41 bits per heavy atom. The van der Waals surface area contributed by atoms with E-state index in [2.05, 4.69) is 5.32 Å². The van der Waals surface area contributed by atoms with Crippen molar-refractivity contribution >= 4 is 23.2 Å². The molecule has 22 heavy (non-hydrogen) atoms. The quantitative estimate of drug-likeness (QED) is 0.756. The van der Waals surface area contributed by atoms with Crippen LogP contribution in [0.2, 0.25) is 5.02 Å². The third-order valence-electron chi connectivity index (χ3n) is 3.75. The molecular weight excluding hydrogens is 304 g/mol. The molecular formula is C16H23ClN2O3. The molecule has 1 fully saturated rings. The molecule has 5 nitrogen and oxygen atoms in total. The van der Waals surface area contributed by atoms with Crippen LogP contribution < -0.4 is 15.8 Å². The lowest BCUT2D eigenvalue weighted by Gasteiger charge is -2.16. The molecule has 0 aromatic heterocycles. The molecule has 1 aliphatic carbocycles. The van der Waals surface area contributed by atoms with E-state index in [1.165, 1.54) is 0 Å². The maximum Gasteiger partial charge on any atom is 0.227 e. The average Bonchev–Trinajstić information content (AvgIpc) is 2.92. The molecule has 1 amide bonds. The zero-order valence-electron chi connectivity index (χ0n) is 12.8. The van der Waals surface area contributed by atoms with E-state index in [4.69, 9.17) is 26.8 Å². The van der Waals surface area contributed by atoms with Gasteiger partial charge in [0.05, 0.1) is 17.3 Å². The largest absolute Gasteiger partial charge is 0.487 e. The van der Waals surface area contributed by atoms with E-state index in [0.29, 0.717) is 36.3 Å². The number of hydrogen-bond acceptors (Lipinski definition) is 4. The van der Waals surface area contributed by atoms with Gasteiger partial charge in [0.15, 0.2) is 5.75 Å². The zero-order valence-corrected chi connectivity index (χ0v) is 13.6. The molecule has 1 saturated carbocycles. The van der Waals surface area contributed by atoms with Crippen LogP contribution in [0.5, 0.6) is 5.75 Å². The molecule has 1 aromatic rings. The number of carbonyl (C=O) groups excluding carboxylic acids is 1. The fourth-order valence-corrected chi connectivity index (χ4v) is 2.82. The Labute approximate surface area is 136 Å². The van der Waals surface area contributed by atoms with Gasteiger partial charge >= 0.3 is 0 Å². The lowest BCUT2D eigenvalue weighted by atomic mass is 10.1. The van der Waals surface area contributed by atoms with Crippen LogP contribution in [0, 0.1) is 5.92 Å². The third kappa shape index (κ3) is 4.60. The van der Waals surface area contributed by atoms with Gasteiger partial charge in [0.25, 0.3) is 0 Å². The maximum absolute atomic E-state index is 12.3. The summed E-state index contributed by atoms with van der Waals surface area (Å²) in [6.45, 7) is 3.42. The zero-order chi connectivity index (χ0) is 15.9. The van der Waals surface area contributed by atoms with Gasteiger partial charge in [-0.1, -0.05) is 17.7 Å². The van der Waals surface area contributed by atoms with Crippen LogP contribution >= 0.6 is 11.6 Å². The van der Waals surface area contributed by atoms with Gasteiger partial charge in [0, 0.05) is 18.6 Å². The number of para-hydroxylation sites is 1. The summed E-state index contributed by atoms with van der Waals surface area (Å²) in [5, 5.41) is 3.38. The highest BCUT2D eigenvalue weighted by Crippen LogP contribution is 2.34. The van der Waals surface area contributed by atoms with Gasteiger partial charge in [-0.3, -0.25) is 4.79 Å². The summed E-state index contributed by atoms with van der Waals surface area (Å²) in [6, 6.07) is 5.43. The minimum Gasteiger partial charge on any atom is -0.487 e. The molecule has 0 saturated heterocycles. The first-order chi connectivity index (χ1) is 10.6. The molecule has 0 aliphatic heterocycles. The summed E-state index contributed by atoms with van der Waals surface area (Å²) in [5.74, 6) is 0.426. The second kappa shape index (κ2) is 8.36. The van der Waals surface area contributed by atoms with Crippen molar-refractivity contribution in [1.29, 1.82) is 0 Å². The van der Waals surface area contributed by atoms with Crippen molar-refractivity contribution in [2.24, 2.45) is 11.7 Å². The van der Waals surface area contributed by atoms with Crippen LogP contribution in [0.25, 0.3) is 0 Å². The van der Waals surface area contributed by atoms with E-state index in [1.54, 1.807) is 18.2 Å². The Balaban J connectivity index is 2.00. The van der Waals surface area contributed by atoms with Crippen molar-refractivity contribution < 1.29 is 14.3 Å². The van der Waals surface area contributed by atoms with Gasteiger partial charge in [-0.05, 0) is 38.3 Å². The monoisotopic (exact) mass is 326 g/mol. The number of hydrogen-bond donors (Lipinski definition) is 2. The minimum atomic E-state index is -0.0368. The second-order valence-electron chi connectivity index (χ2n) is 5.42. The molecule has 0 heterocycles. The van der Waals surface area contributed by atoms with Gasteiger partial charge in [0.1, 0.15) is 6.61 Å². The number of anilines is 1. The number of nitrogens with two attached hydrogens (primary N) is 1. The summed E-state index contributed by atoms with van der Waals surface area (Å²) in [6.07, 6.45) is 2.45. The van der Waals surface area contributed by atoms with Crippen LogP contribution in [0.1, 0.15) is 26.2 Å². The van der Waals surface area contributed by atoms with Crippen molar-refractivity contribution in [3.8, 4) is 5.75 Å². The molecule has 0 bridgehead atoms.